The van der Waals surface area contributed by atoms with Crippen LogP contribution in [0.1, 0.15) is 102 Å². The number of hydrogen-bond acceptors (Lipinski definition) is 0. The molecule has 159 valence electrons. The summed E-state index contributed by atoms with van der Waals surface area (Å²) in [6, 6.07) is 10.9. The Labute approximate surface area is 209 Å². The van der Waals surface area contributed by atoms with Gasteiger partial charge in [-0.15, -0.1) is 0 Å². The van der Waals surface area contributed by atoms with Crippen LogP contribution >= 0.6 is 0 Å². The summed E-state index contributed by atoms with van der Waals surface area (Å²) >= 11 is 0. The third kappa shape index (κ3) is 18.7. The van der Waals surface area contributed by atoms with Crippen molar-refractivity contribution >= 4 is 29.6 Å². The van der Waals surface area contributed by atoms with E-state index in [1.807, 2.05) is 0 Å². The zero-order chi connectivity index (χ0) is 18.9. The molecule has 1 rings (SSSR count). The summed E-state index contributed by atoms with van der Waals surface area (Å²) in [5.41, 5.74) is 1.46. The van der Waals surface area contributed by atoms with Gasteiger partial charge in [0.2, 0.25) is 0 Å². The Morgan fingerprint density at radius 2 is 1.00 bits per heavy atom. The fourth-order valence-corrected chi connectivity index (χ4v) is 3.89. The van der Waals surface area contributed by atoms with E-state index in [2.05, 4.69) is 51.4 Å². The quantitative estimate of drug-likeness (QED) is 0.183. The zero-order valence-electron chi connectivity index (χ0n) is 19.5. The smallest absolute Gasteiger partial charge is 0.104 e. The second kappa shape index (κ2) is 20.9. The molecule has 28 heavy (non-hydrogen) atoms. The Hall–Kier alpha value is 0.660. The predicted molar refractivity (Wildman–Crippen MR) is 123 cm³/mol. The number of unbranched alkanes of at least 4 members (excludes halogenated alkanes) is 13. The molecule has 0 heterocycles. The van der Waals surface area contributed by atoms with E-state index in [4.69, 9.17) is 0 Å². The zero-order valence-corrected chi connectivity index (χ0v) is 23.1. The molecule has 1 nitrogen and oxygen atoms in total. The molecule has 0 aromatic heterocycles. The maximum absolute atomic E-state index is 2.37. The van der Waals surface area contributed by atoms with Gasteiger partial charge < -0.3 is 21.5 Å². The van der Waals surface area contributed by atoms with Crippen molar-refractivity contribution in [3.05, 3.63) is 35.9 Å². The molecule has 0 bridgehead atoms. The Morgan fingerprint density at radius 3 is 1.43 bits per heavy atom. The molecule has 0 aliphatic rings. The number of nitrogens with zero attached hydrogens (tertiary/aromatic N) is 1. The molecular formula is C25H46BrNNa. The topological polar surface area (TPSA) is 0 Å². The van der Waals surface area contributed by atoms with E-state index in [0.29, 0.717) is 0 Å². The molecule has 0 saturated carbocycles. The van der Waals surface area contributed by atoms with Gasteiger partial charge >= 0.3 is 0 Å². The van der Waals surface area contributed by atoms with Crippen LogP contribution in [0.25, 0.3) is 0 Å². The van der Waals surface area contributed by atoms with Crippen molar-refractivity contribution in [2.75, 3.05) is 20.6 Å². The van der Waals surface area contributed by atoms with Crippen molar-refractivity contribution in [3.63, 3.8) is 0 Å². The van der Waals surface area contributed by atoms with Gasteiger partial charge in [0.15, 0.2) is 0 Å². The van der Waals surface area contributed by atoms with Crippen molar-refractivity contribution in [1.82, 2.24) is 0 Å². The van der Waals surface area contributed by atoms with Crippen molar-refractivity contribution < 1.29 is 21.5 Å². The Balaban J connectivity index is 0. The molecule has 3 heteroatoms. The molecule has 1 radical (unpaired) electrons. The van der Waals surface area contributed by atoms with Crippen molar-refractivity contribution in [1.29, 1.82) is 0 Å². The number of quaternary nitrogens is 1. The molecule has 0 aliphatic carbocycles. The van der Waals surface area contributed by atoms with Crippen LogP contribution in [0.5, 0.6) is 0 Å². The minimum atomic E-state index is 0. The first-order valence-corrected chi connectivity index (χ1v) is 11.5. The van der Waals surface area contributed by atoms with Gasteiger partial charge in [0, 0.05) is 35.1 Å². The first-order chi connectivity index (χ1) is 12.6. The van der Waals surface area contributed by atoms with Gasteiger partial charge in [-0.1, -0.05) is 114 Å². The van der Waals surface area contributed by atoms with Gasteiger partial charge in [-0.2, -0.15) is 0 Å². The SMILES string of the molecule is CCCCCCCCCCCCCCCC[N+](C)(C)Cc1ccccc1.[Br-].[Na]. The Kier molecular flexibility index (Phi) is 23.0. The number of rotatable bonds is 17. The second-order valence-electron chi connectivity index (χ2n) is 8.90. The number of hydrogen-bond donors (Lipinski definition) is 0. The second-order valence-corrected chi connectivity index (χ2v) is 8.90. The van der Waals surface area contributed by atoms with Gasteiger partial charge in [-0.3, -0.25) is 0 Å². The molecule has 1 aromatic carbocycles. The van der Waals surface area contributed by atoms with Gasteiger partial charge in [0.05, 0.1) is 20.6 Å². The number of halogens is 1. The van der Waals surface area contributed by atoms with E-state index >= 15 is 0 Å². The van der Waals surface area contributed by atoms with Crippen molar-refractivity contribution in [2.24, 2.45) is 0 Å². The average molecular weight is 464 g/mol. The molecule has 0 amide bonds. The summed E-state index contributed by atoms with van der Waals surface area (Å²) in [5, 5.41) is 0. The van der Waals surface area contributed by atoms with E-state index < -0.39 is 0 Å². The van der Waals surface area contributed by atoms with Crippen molar-refractivity contribution in [3.8, 4) is 0 Å². The van der Waals surface area contributed by atoms with Crippen LogP contribution in [-0.4, -0.2) is 54.7 Å². The van der Waals surface area contributed by atoms with Gasteiger partial charge in [-0.25, -0.2) is 0 Å². The molecular weight excluding hydrogens is 417 g/mol. The maximum atomic E-state index is 2.37. The number of benzene rings is 1. The molecule has 0 aliphatic heterocycles. The normalized spacial score (nSPS) is 11.0. The van der Waals surface area contributed by atoms with Crippen LogP contribution in [0.3, 0.4) is 0 Å². The third-order valence-corrected chi connectivity index (χ3v) is 5.57. The largest absolute Gasteiger partial charge is 1.00 e. The minimum absolute atomic E-state index is 0. The average Bonchev–Trinajstić information content (AvgIpc) is 2.62. The van der Waals surface area contributed by atoms with E-state index in [0.717, 1.165) is 11.0 Å². The van der Waals surface area contributed by atoms with Crippen molar-refractivity contribution in [2.45, 2.75) is 103 Å². The first kappa shape index (κ1) is 30.9. The monoisotopic (exact) mass is 462 g/mol. The first-order valence-electron chi connectivity index (χ1n) is 11.5. The maximum Gasteiger partial charge on any atom is 0.104 e. The summed E-state index contributed by atoms with van der Waals surface area (Å²) in [7, 11) is 4.74. The third-order valence-electron chi connectivity index (χ3n) is 5.57. The summed E-state index contributed by atoms with van der Waals surface area (Å²) in [6.07, 6.45) is 20.2. The molecule has 0 saturated heterocycles. The summed E-state index contributed by atoms with van der Waals surface area (Å²) in [4.78, 5) is 0. The van der Waals surface area contributed by atoms with Crippen LogP contribution in [0.4, 0.5) is 0 Å². The van der Waals surface area contributed by atoms with Crippen LogP contribution in [0, 0.1) is 0 Å². The summed E-state index contributed by atoms with van der Waals surface area (Å²) in [6.45, 7) is 4.75. The minimum Gasteiger partial charge on any atom is -1.00 e. The molecule has 0 N–H and O–H groups in total. The summed E-state index contributed by atoms with van der Waals surface area (Å²) in [5.74, 6) is 0. The van der Waals surface area contributed by atoms with E-state index in [-0.39, 0.29) is 46.5 Å². The molecule has 0 fully saturated rings. The predicted octanol–water partition coefficient (Wildman–Crippen LogP) is 4.37. The Morgan fingerprint density at radius 1 is 0.607 bits per heavy atom. The fourth-order valence-electron chi connectivity index (χ4n) is 3.89. The van der Waals surface area contributed by atoms with Crippen LogP contribution in [0.2, 0.25) is 0 Å². The summed E-state index contributed by atoms with van der Waals surface area (Å²) < 4.78 is 1.11. The molecule has 0 unspecified atom stereocenters. The fraction of sp³-hybridized carbons (Fsp3) is 0.760. The molecule has 0 atom stereocenters. The van der Waals surface area contributed by atoms with E-state index in [1.54, 1.807) is 0 Å². The van der Waals surface area contributed by atoms with Crippen LogP contribution in [0.15, 0.2) is 30.3 Å². The Bertz CT molecular complexity index is 422. The molecule has 0 spiro atoms. The van der Waals surface area contributed by atoms with Gasteiger partial charge in [-0.05, 0) is 12.8 Å². The molecule has 1 aromatic rings. The van der Waals surface area contributed by atoms with E-state index in [9.17, 15) is 0 Å². The van der Waals surface area contributed by atoms with E-state index in [1.165, 1.54) is 102 Å². The van der Waals surface area contributed by atoms with Gasteiger partial charge in [0.1, 0.15) is 6.54 Å². The standard InChI is InChI=1S/C25H46N.BrH.Na/c1-4-5-6-7-8-9-10-11-12-13-14-15-16-20-23-26(2,3)24-25-21-18-17-19-22-25;;/h17-19,21-22H,4-16,20,23-24H2,1-3H3;1H;/q+1;;/p-1. The van der Waals surface area contributed by atoms with Gasteiger partial charge in [0.25, 0.3) is 0 Å². The van der Waals surface area contributed by atoms with Crippen LogP contribution in [-0.2, 0) is 6.54 Å². The van der Waals surface area contributed by atoms with Crippen LogP contribution < -0.4 is 17.0 Å².